The van der Waals surface area contributed by atoms with Crippen molar-refractivity contribution in [2.75, 3.05) is 13.2 Å². The highest BCUT2D eigenvalue weighted by atomic mass is 19.1. The van der Waals surface area contributed by atoms with Crippen LogP contribution in [0.25, 0.3) is 6.08 Å². The lowest BCUT2D eigenvalue weighted by atomic mass is 10.2. The fourth-order valence-corrected chi connectivity index (χ4v) is 2.61. The van der Waals surface area contributed by atoms with E-state index in [0.717, 1.165) is 11.8 Å². The van der Waals surface area contributed by atoms with Crippen molar-refractivity contribution in [2.24, 2.45) is 0 Å². The summed E-state index contributed by atoms with van der Waals surface area (Å²) in [5, 5.41) is 0. The normalized spacial score (nSPS) is 10.5. The Bertz CT molecular complexity index is 1050. The molecule has 7 heteroatoms. The van der Waals surface area contributed by atoms with Gasteiger partial charge in [-0.05, 0) is 36.4 Å². The summed E-state index contributed by atoms with van der Waals surface area (Å²) in [7, 11) is 0. The Morgan fingerprint density at radius 2 is 1.48 bits per heavy atom. The van der Waals surface area contributed by atoms with Gasteiger partial charge in [-0.15, -0.1) is 0 Å². The number of hydrazine groups is 1. The number of benzene rings is 3. The highest BCUT2D eigenvalue weighted by molar-refractivity contribution is 5.99. The maximum absolute atomic E-state index is 13.6. The number of halogens is 1. The highest BCUT2D eigenvalue weighted by Crippen LogP contribution is 2.18. The van der Waals surface area contributed by atoms with Crippen LogP contribution in [0.15, 0.2) is 84.9 Å². The molecule has 0 fully saturated rings. The Labute approximate surface area is 179 Å². The molecule has 3 aromatic carbocycles. The molecule has 0 bridgehead atoms. The number of nitrogens with one attached hydrogen (secondary N) is 2. The van der Waals surface area contributed by atoms with Crippen LogP contribution in [0, 0.1) is 5.82 Å². The SMILES string of the molecule is O=C(/C=C/c1ccccc1F)NNC(=O)c1ccccc1OCCOc1ccccc1. The number of carbonyl (C=O) groups excluding carboxylic acids is 2. The van der Waals surface area contributed by atoms with Crippen molar-refractivity contribution in [1.29, 1.82) is 0 Å². The van der Waals surface area contributed by atoms with E-state index in [0.29, 0.717) is 12.4 Å². The highest BCUT2D eigenvalue weighted by Gasteiger charge is 2.12. The van der Waals surface area contributed by atoms with Gasteiger partial charge in [-0.3, -0.25) is 20.4 Å². The second-order valence-corrected chi connectivity index (χ2v) is 6.30. The summed E-state index contributed by atoms with van der Waals surface area (Å²) in [6.07, 6.45) is 2.45. The van der Waals surface area contributed by atoms with Crippen molar-refractivity contribution in [3.05, 3.63) is 102 Å². The Kier molecular flexibility index (Phi) is 7.77. The molecular weight excluding hydrogens is 399 g/mol. The quantitative estimate of drug-likeness (QED) is 0.331. The Hall–Kier alpha value is -4.13. The summed E-state index contributed by atoms with van der Waals surface area (Å²) in [5.74, 6) is -0.521. The van der Waals surface area contributed by atoms with E-state index in [2.05, 4.69) is 10.9 Å². The Morgan fingerprint density at radius 3 is 2.29 bits per heavy atom. The third kappa shape index (κ3) is 6.71. The van der Waals surface area contributed by atoms with Gasteiger partial charge in [0.25, 0.3) is 11.8 Å². The third-order valence-corrected chi connectivity index (χ3v) is 4.10. The van der Waals surface area contributed by atoms with Gasteiger partial charge in [0.2, 0.25) is 0 Å². The van der Waals surface area contributed by atoms with Crippen LogP contribution in [0.2, 0.25) is 0 Å². The van der Waals surface area contributed by atoms with Crippen molar-refractivity contribution in [1.82, 2.24) is 10.9 Å². The zero-order chi connectivity index (χ0) is 21.9. The molecule has 6 nitrogen and oxygen atoms in total. The second kappa shape index (κ2) is 11.2. The first kappa shape index (κ1) is 21.6. The molecule has 0 aromatic heterocycles. The molecule has 0 saturated heterocycles. The van der Waals surface area contributed by atoms with E-state index in [9.17, 15) is 14.0 Å². The largest absolute Gasteiger partial charge is 0.490 e. The summed E-state index contributed by atoms with van der Waals surface area (Å²) in [5.41, 5.74) is 5.09. The van der Waals surface area contributed by atoms with Crippen molar-refractivity contribution >= 4 is 17.9 Å². The van der Waals surface area contributed by atoms with Gasteiger partial charge in [0.1, 0.15) is 30.5 Å². The predicted octanol–water partition coefficient (Wildman–Crippen LogP) is 3.76. The maximum Gasteiger partial charge on any atom is 0.273 e. The zero-order valence-electron chi connectivity index (χ0n) is 16.6. The van der Waals surface area contributed by atoms with Gasteiger partial charge in [-0.25, -0.2) is 4.39 Å². The predicted molar refractivity (Wildman–Crippen MR) is 115 cm³/mol. The van der Waals surface area contributed by atoms with Crippen LogP contribution >= 0.6 is 0 Å². The van der Waals surface area contributed by atoms with Gasteiger partial charge < -0.3 is 9.47 Å². The molecule has 0 aliphatic rings. The summed E-state index contributed by atoms with van der Waals surface area (Å²) in [4.78, 5) is 24.3. The number of amides is 2. The molecule has 0 radical (unpaired) electrons. The first-order chi connectivity index (χ1) is 15.1. The van der Waals surface area contributed by atoms with Gasteiger partial charge >= 0.3 is 0 Å². The molecule has 2 N–H and O–H groups in total. The molecule has 31 heavy (non-hydrogen) atoms. The monoisotopic (exact) mass is 420 g/mol. The topological polar surface area (TPSA) is 76.7 Å². The van der Waals surface area contributed by atoms with Gasteiger partial charge in [-0.2, -0.15) is 0 Å². The number of hydrogen-bond acceptors (Lipinski definition) is 4. The minimum atomic E-state index is -0.605. The molecule has 0 spiro atoms. The average Bonchev–Trinajstić information content (AvgIpc) is 2.80. The zero-order valence-corrected chi connectivity index (χ0v) is 16.6. The minimum Gasteiger partial charge on any atom is -0.490 e. The van der Waals surface area contributed by atoms with Crippen LogP contribution < -0.4 is 20.3 Å². The van der Waals surface area contributed by atoms with E-state index >= 15 is 0 Å². The van der Waals surface area contributed by atoms with Crippen LogP contribution in [0.4, 0.5) is 4.39 Å². The second-order valence-electron chi connectivity index (χ2n) is 6.30. The molecule has 3 aromatic rings. The van der Waals surface area contributed by atoms with E-state index in [1.807, 2.05) is 30.3 Å². The number of rotatable bonds is 8. The molecule has 0 aliphatic heterocycles. The van der Waals surface area contributed by atoms with Crippen molar-refractivity contribution < 1.29 is 23.5 Å². The lowest BCUT2D eigenvalue weighted by Gasteiger charge is -2.12. The fourth-order valence-electron chi connectivity index (χ4n) is 2.61. The first-order valence-corrected chi connectivity index (χ1v) is 9.56. The maximum atomic E-state index is 13.6. The van der Waals surface area contributed by atoms with Crippen molar-refractivity contribution in [3.8, 4) is 11.5 Å². The van der Waals surface area contributed by atoms with Crippen LogP contribution in [0.5, 0.6) is 11.5 Å². The van der Waals surface area contributed by atoms with E-state index in [4.69, 9.17) is 9.47 Å². The number of hydrogen-bond donors (Lipinski definition) is 2. The van der Waals surface area contributed by atoms with Crippen molar-refractivity contribution in [3.63, 3.8) is 0 Å². The molecule has 3 rings (SSSR count). The van der Waals surface area contributed by atoms with Crippen LogP contribution in [0.1, 0.15) is 15.9 Å². The first-order valence-electron chi connectivity index (χ1n) is 9.56. The van der Waals surface area contributed by atoms with Crippen LogP contribution in [-0.4, -0.2) is 25.0 Å². The van der Waals surface area contributed by atoms with E-state index in [1.54, 1.807) is 36.4 Å². The van der Waals surface area contributed by atoms with Gasteiger partial charge in [0.15, 0.2) is 0 Å². The molecule has 0 unspecified atom stereocenters. The van der Waals surface area contributed by atoms with Crippen LogP contribution in [0.3, 0.4) is 0 Å². The molecule has 0 atom stereocenters. The van der Waals surface area contributed by atoms with E-state index < -0.39 is 17.6 Å². The molecular formula is C24H21FN2O4. The lowest BCUT2D eigenvalue weighted by molar-refractivity contribution is -0.117. The molecule has 0 heterocycles. The third-order valence-electron chi connectivity index (χ3n) is 4.10. The number of carbonyl (C=O) groups is 2. The molecule has 0 aliphatic carbocycles. The standard InChI is InChI=1S/C24H21FN2O4/c25-21-12-6-4-8-18(21)14-15-23(28)26-27-24(29)20-11-5-7-13-22(20)31-17-16-30-19-9-2-1-3-10-19/h1-15H,16-17H2,(H,26,28)(H,27,29)/b15-14+. The smallest absolute Gasteiger partial charge is 0.273 e. The van der Waals surface area contributed by atoms with Crippen molar-refractivity contribution in [2.45, 2.75) is 0 Å². The van der Waals surface area contributed by atoms with E-state index in [1.165, 1.54) is 18.2 Å². The fraction of sp³-hybridized carbons (Fsp3) is 0.0833. The van der Waals surface area contributed by atoms with Gasteiger partial charge in [-0.1, -0.05) is 48.5 Å². The molecule has 158 valence electrons. The minimum absolute atomic E-state index is 0.233. The summed E-state index contributed by atoms with van der Waals surface area (Å²) in [6.45, 7) is 0.536. The molecule has 2 amide bonds. The number of para-hydroxylation sites is 2. The Morgan fingerprint density at radius 1 is 0.806 bits per heavy atom. The lowest BCUT2D eigenvalue weighted by Crippen LogP contribution is -2.40. The summed E-state index contributed by atoms with van der Waals surface area (Å²) in [6, 6.07) is 22.0. The van der Waals surface area contributed by atoms with E-state index in [-0.39, 0.29) is 17.7 Å². The van der Waals surface area contributed by atoms with Gasteiger partial charge in [0, 0.05) is 11.6 Å². The van der Waals surface area contributed by atoms with Gasteiger partial charge in [0.05, 0.1) is 5.56 Å². The van der Waals surface area contributed by atoms with Crippen LogP contribution in [-0.2, 0) is 4.79 Å². The summed E-state index contributed by atoms with van der Waals surface area (Å²) >= 11 is 0. The summed E-state index contributed by atoms with van der Waals surface area (Å²) < 4.78 is 24.8. The number of ether oxygens (including phenoxy) is 2. The average molecular weight is 420 g/mol. The molecule has 0 saturated carbocycles. The Balaban J connectivity index is 1.49.